The lowest BCUT2D eigenvalue weighted by molar-refractivity contribution is -0.304. The second kappa shape index (κ2) is 10.0. The fraction of sp³-hybridized carbons (Fsp3) is 0.276. The number of hydrogen-bond donors (Lipinski definition) is 4. The molecule has 0 radical (unpaired) electrons. The molecule has 14 heteroatoms. The second-order valence-electron chi connectivity index (χ2n) is 10.4. The first-order valence-electron chi connectivity index (χ1n) is 13.2. The van der Waals surface area contributed by atoms with Crippen LogP contribution in [0.1, 0.15) is 32.7 Å². The summed E-state index contributed by atoms with van der Waals surface area (Å²) in [5.41, 5.74) is 0.816. The molecule has 14 nitrogen and oxygen atoms in total. The van der Waals surface area contributed by atoms with E-state index < -0.39 is 48.9 Å². The monoisotopic (exact) mass is 589 g/mol. The van der Waals surface area contributed by atoms with Crippen molar-refractivity contribution in [3.8, 4) is 28.7 Å². The Balaban J connectivity index is 1.23. The van der Waals surface area contributed by atoms with Crippen LogP contribution in [-0.2, 0) is 26.4 Å². The summed E-state index contributed by atoms with van der Waals surface area (Å²) < 4.78 is 24.3. The van der Waals surface area contributed by atoms with E-state index in [4.69, 9.17) is 18.9 Å². The average Bonchev–Trinajstić information content (AvgIpc) is 3.58. The van der Waals surface area contributed by atoms with Gasteiger partial charge in [-0.3, -0.25) is 0 Å². The van der Waals surface area contributed by atoms with Gasteiger partial charge >= 0.3 is 5.97 Å². The predicted octanol–water partition coefficient (Wildman–Crippen LogP) is -0.701. The van der Waals surface area contributed by atoms with Crippen LogP contribution in [0, 0.1) is 0 Å². The highest BCUT2D eigenvalue weighted by atomic mass is 16.7. The topological polar surface area (TPSA) is 212 Å². The fourth-order valence-corrected chi connectivity index (χ4v) is 5.68. The van der Waals surface area contributed by atoms with Crippen LogP contribution in [0.3, 0.4) is 0 Å². The Kier molecular flexibility index (Phi) is 6.35. The van der Waals surface area contributed by atoms with Gasteiger partial charge in [-0.05, 0) is 30.3 Å². The fourth-order valence-electron chi connectivity index (χ4n) is 5.68. The number of aliphatic hydroxyl groups is 4. The molecule has 4 heterocycles. The molecule has 4 aromatic rings. The maximum Gasteiger partial charge on any atom is 0.340 e. The first kappa shape index (κ1) is 27.3. The third-order valence-electron chi connectivity index (χ3n) is 7.78. The van der Waals surface area contributed by atoms with E-state index in [1.54, 1.807) is 18.2 Å². The van der Waals surface area contributed by atoms with Crippen molar-refractivity contribution in [2.75, 3.05) is 6.61 Å². The summed E-state index contributed by atoms with van der Waals surface area (Å²) >= 11 is 0. The summed E-state index contributed by atoms with van der Waals surface area (Å²) in [6.45, 7) is -0.795. The van der Waals surface area contributed by atoms with E-state index in [2.05, 4.69) is 10.3 Å². The van der Waals surface area contributed by atoms with Gasteiger partial charge in [0, 0.05) is 16.7 Å². The average molecular weight is 590 g/mol. The summed E-state index contributed by atoms with van der Waals surface area (Å²) in [6.07, 6.45) is -5.60. The summed E-state index contributed by atoms with van der Waals surface area (Å²) in [6, 6.07) is 13.2. The highest BCUT2D eigenvalue weighted by Crippen LogP contribution is 2.57. The molecule has 1 spiro atoms. The number of aromatic nitrogens is 3. The highest BCUT2D eigenvalue weighted by Gasteiger charge is 2.53. The van der Waals surface area contributed by atoms with E-state index in [-0.39, 0.29) is 35.2 Å². The number of fused-ring (bicyclic) bond motifs is 6. The van der Waals surface area contributed by atoms with Crippen molar-refractivity contribution >= 4 is 5.97 Å². The van der Waals surface area contributed by atoms with Crippen LogP contribution >= 0.6 is 0 Å². The first-order chi connectivity index (χ1) is 20.7. The van der Waals surface area contributed by atoms with Crippen LogP contribution in [0.15, 0.2) is 60.8 Å². The van der Waals surface area contributed by atoms with Gasteiger partial charge in [-0.1, -0.05) is 29.5 Å². The molecule has 1 aromatic heterocycles. The molecule has 4 N–H and O–H groups in total. The zero-order valence-electron chi connectivity index (χ0n) is 22.1. The molecule has 0 unspecified atom stereocenters. The minimum atomic E-state index is -1.59. The van der Waals surface area contributed by atoms with Crippen molar-refractivity contribution in [3.05, 3.63) is 88.7 Å². The molecule has 3 aliphatic rings. The van der Waals surface area contributed by atoms with E-state index in [1.807, 2.05) is 0 Å². The number of hydrogen-bond acceptors (Lipinski definition) is 13. The number of carbonyl (C=O) groups is 1. The lowest BCUT2D eigenvalue weighted by Gasteiger charge is -2.39. The largest absolute Gasteiger partial charge is 0.872 e. The Labute approximate surface area is 242 Å². The van der Waals surface area contributed by atoms with Crippen molar-refractivity contribution < 1.29 is 54.4 Å². The van der Waals surface area contributed by atoms with Gasteiger partial charge in [0.2, 0.25) is 0 Å². The molecular formula is C29H23N3O11-2. The molecule has 0 amide bonds. The van der Waals surface area contributed by atoms with Gasteiger partial charge in [0.25, 0.3) is 0 Å². The normalized spacial score (nSPS) is 25.0. The molecule has 3 aromatic carbocycles. The van der Waals surface area contributed by atoms with Gasteiger partial charge < -0.3 is 49.6 Å². The summed E-state index contributed by atoms with van der Waals surface area (Å²) in [5.74, 6) is -0.940. The van der Waals surface area contributed by atoms with Crippen LogP contribution in [0.2, 0.25) is 0 Å². The summed E-state index contributed by atoms with van der Waals surface area (Å²) in [7, 11) is 0. The van der Waals surface area contributed by atoms with Crippen molar-refractivity contribution in [2.24, 2.45) is 0 Å². The third-order valence-corrected chi connectivity index (χ3v) is 7.78. The van der Waals surface area contributed by atoms with E-state index in [1.165, 1.54) is 47.3 Å². The Morgan fingerprint density at radius 1 is 0.907 bits per heavy atom. The van der Waals surface area contributed by atoms with Gasteiger partial charge in [0.15, 0.2) is 11.9 Å². The summed E-state index contributed by atoms with van der Waals surface area (Å²) in [4.78, 5) is 13.2. The van der Waals surface area contributed by atoms with Crippen LogP contribution in [0.4, 0.5) is 0 Å². The quantitative estimate of drug-likeness (QED) is 0.212. The number of rotatable bonds is 5. The van der Waals surface area contributed by atoms with Crippen LogP contribution < -0.4 is 14.9 Å². The molecule has 0 saturated carbocycles. The Morgan fingerprint density at radius 2 is 1.60 bits per heavy atom. The van der Waals surface area contributed by atoms with Crippen molar-refractivity contribution in [1.29, 1.82) is 0 Å². The third kappa shape index (κ3) is 4.23. The maximum absolute atomic E-state index is 13.2. The Bertz CT molecular complexity index is 1690. The molecule has 5 atom stereocenters. The van der Waals surface area contributed by atoms with E-state index in [0.717, 1.165) is 0 Å². The number of benzene rings is 3. The van der Waals surface area contributed by atoms with Gasteiger partial charge in [-0.2, -0.15) is 0 Å². The van der Waals surface area contributed by atoms with E-state index in [0.29, 0.717) is 28.1 Å². The van der Waals surface area contributed by atoms with Gasteiger partial charge in [0.05, 0.1) is 30.7 Å². The van der Waals surface area contributed by atoms with Gasteiger partial charge in [0.1, 0.15) is 41.6 Å². The lowest BCUT2D eigenvalue weighted by Crippen LogP contribution is -2.59. The molecule has 43 heavy (non-hydrogen) atoms. The van der Waals surface area contributed by atoms with Crippen LogP contribution in [0.25, 0.3) is 5.69 Å². The van der Waals surface area contributed by atoms with Gasteiger partial charge in [-0.15, -0.1) is 16.6 Å². The van der Waals surface area contributed by atoms with Crippen molar-refractivity contribution in [1.82, 2.24) is 15.0 Å². The first-order valence-corrected chi connectivity index (χ1v) is 13.2. The Morgan fingerprint density at radius 3 is 2.28 bits per heavy atom. The minimum Gasteiger partial charge on any atom is -0.872 e. The zero-order chi connectivity index (χ0) is 30.0. The molecule has 1 fully saturated rings. The van der Waals surface area contributed by atoms with Crippen molar-refractivity contribution in [3.63, 3.8) is 0 Å². The van der Waals surface area contributed by atoms with Crippen molar-refractivity contribution in [2.45, 2.75) is 42.9 Å². The standard InChI is InChI=1S/C29H25N3O11/c33-11-23-24(36)25(37)26(38)28(42-23)40-12-13-10-32(31-30-13)14-1-4-17-20(7-14)29(43-27(17)39)18-5-2-15(34)8-21(18)41-22-9-16(35)3-6-19(22)29/h1-10,23-26,28,33-38H,11-12H2/p-2/t23-,24-,25+,26-,28+/m1/s1. The van der Waals surface area contributed by atoms with Gasteiger partial charge in [-0.25, -0.2) is 9.48 Å². The molecule has 7 rings (SSSR count). The highest BCUT2D eigenvalue weighted by molar-refractivity contribution is 5.97. The minimum absolute atomic E-state index is 0.157. The number of carbonyl (C=O) groups excluding carboxylic acids is 1. The van der Waals surface area contributed by atoms with Crippen LogP contribution in [-0.4, -0.2) is 78.7 Å². The second-order valence-corrected chi connectivity index (χ2v) is 10.4. The van der Waals surface area contributed by atoms with E-state index >= 15 is 0 Å². The molecular weight excluding hydrogens is 566 g/mol. The molecule has 0 bridgehead atoms. The maximum atomic E-state index is 13.2. The summed E-state index contributed by atoms with van der Waals surface area (Å²) in [5, 5.41) is 72.1. The molecule has 222 valence electrons. The number of esters is 1. The number of nitrogens with zero attached hydrogens (tertiary/aromatic N) is 3. The SMILES string of the molecule is O=C1OC2(c3ccc([O-])cc3Oc3cc([O-])ccc32)c2cc(-n3cc(CO[C@H]4O[C@H](CO)[C@@H](O)[C@H](O)[C@H]4O)nn3)ccc21. The Hall–Kier alpha value is -4.57. The predicted molar refractivity (Wildman–Crippen MR) is 137 cm³/mol. The molecule has 1 saturated heterocycles. The molecule has 3 aliphatic heterocycles. The molecule has 0 aliphatic carbocycles. The number of ether oxygens (including phenoxy) is 4. The zero-order valence-corrected chi connectivity index (χ0v) is 22.1. The number of aliphatic hydroxyl groups excluding tert-OH is 4. The lowest BCUT2D eigenvalue weighted by atomic mass is 9.77. The van der Waals surface area contributed by atoms with E-state index in [9.17, 15) is 35.4 Å². The van der Waals surface area contributed by atoms with Crippen LogP contribution in [0.5, 0.6) is 23.0 Å². The smallest absolute Gasteiger partial charge is 0.340 e.